The maximum atomic E-state index is 13.1. The molecule has 0 fully saturated rings. The van der Waals surface area contributed by atoms with Crippen molar-refractivity contribution in [3.05, 3.63) is 24.2 Å². The molecule has 0 saturated carbocycles. The summed E-state index contributed by atoms with van der Waals surface area (Å²) >= 11 is 0. The third kappa shape index (κ3) is 2.20. The molecule has 0 aromatic carbocycles. The van der Waals surface area contributed by atoms with Gasteiger partial charge in [-0.3, -0.25) is 4.79 Å². The Balaban J connectivity index is 2.42. The van der Waals surface area contributed by atoms with Crippen LogP contribution in [0.1, 0.15) is 30.8 Å². The van der Waals surface area contributed by atoms with Gasteiger partial charge in [-0.15, -0.1) is 0 Å². The second kappa shape index (κ2) is 4.62. The summed E-state index contributed by atoms with van der Waals surface area (Å²) in [5.74, 6) is -1.77. The second-order valence-electron chi connectivity index (χ2n) is 4.83. The van der Waals surface area contributed by atoms with Gasteiger partial charge in [-0.25, -0.2) is 0 Å². The molecule has 1 amide bonds. The van der Waals surface area contributed by atoms with Gasteiger partial charge in [0.1, 0.15) is 0 Å². The summed E-state index contributed by atoms with van der Waals surface area (Å²) in [6, 6.07) is 2.57. The summed E-state index contributed by atoms with van der Waals surface area (Å²) in [5.41, 5.74) is -3.24. The first-order valence-electron chi connectivity index (χ1n) is 5.91. The van der Waals surface area contributed by atoms with Crippen molar-refractivity contribution in [2.45, 2.75) is 32.2 Å². The lowest BCUT2D eigenvalue weighted by Gasteiger charge is -2.32. The van der Waals surface area contributed by atoms with Crippen LogP contribution in [0.4, 0.5) is 13.2 Å². The molecule has 0 aliphatic carbocycles. The monoisotopic (exact) mass is 290 g/mol. The molecule has 0 spiro atoms. The smallest absolute Gasteiger partial charge is 0.438 e. The van der Waals surface area contributed by atoms with Crippen LogP contribution in [0.25, 0.3) is 0 Å². The average Bonchev–Trinajstić information content (AvgIpc) is 2.94. The number of amides is 1. The zero-order chi connectivity index (χ0) is 15.1. The largest absolute Gasteiger partial charge is 0.459 e. The lowest BCUT2D eigenvalue weighted by molar-refractivity contribution is -0.297. The fraction of sp³-hybridized carbons (Fsp3) is 0.500. The summed E-state index contributed by atoms with van der Waals surface area (Å²) in [7, 11) is 0. The minimum atomic E-state index is -5.02. The summed E-state index contributed by atoms with van der Waals surface area (Å²) < 4.78 is 44.0. The summed E-state index contributed by atoms with van der Waals surface area (Å²) in [4.78, 5) is 12.0. The molecule has 2 rings (SSSR count). The normalized spacial score (nSPS) is 23.4. The predicted molar refractivity (Wildman–Crippen MR) is 62.8 cm³/mol. The van der Waals surface area contributed by atoms with E-state index in [0.29, 0.717) is 0 Å². The first-order chi connectivity index (χ1) is 9.17. The third-order valence-corrected chi connectivity index (χ3v) is 3.05. The number of hydrogen-bond acceptors (Lipinski definition) is 4. The van der Waals surface area contributed by atoms with Crippen LogP contribution in [0.2, 0.25) is 0 Å². The molecule has 1 aliphatic rings. The van der Waals surface area contributed by atoms with E-state index in [1.165, 1.54) is 12.1 Å². The lowest BCUT2D eigenvalue weighted by Crippen LogP contribution is -2.56. The molecule has 0 radical (unpaired) electrons. The van der Waals surface area contributed by atoms with Crippen molar-refractivity contribution in [1.82, 2.24) is 5.01 Å². The Labute approximate surface area is 112 Å². The van der Waals surface area contributed by atoms with Gasteiger partial charge < -0.3 is 9.52 Å². The topological polar surface area (TPSA) is 66.0 Å². The van der Waals surface area contributed by atoms with Crippen LogP contribution >= 0.6 is 0 Å². The summed E-state index contributed by atoms with van der Waals surface area (Å²) in [6.07, 6.45) is -4.63. The van der Waals surface area contributed by atoms with Gasteiger partial charge in [-0.05, 0) is 18.1 Å². The minimum absolute atomic E-state index is 0.0567. The van der Waals surface area contributed by atoms with E-state index in [4.69, 9.17) is 4.42 Å². The highest BCUT2D eigenvalue weighted by molar-refractivity contribution is 5.97. The Hall–Kier alpha value is -1.83. The first kappa shape index (κ1) is 14.6. The number of furan rings is 1. The van der Waals surface area contributed by atoms with Gasteiger partial charge in [0.2, 0.25) is 0 Å². The molecule has 1 N–H and O–H groups in total. The van der Waals surface area contributed by atoms with E-state index in [-0.39, 0.29) is 22.4 Å². The molecule has 2 heterocycles. The Bertz CT molecular complexity index is 537. The maximum absolute atomic E-state index is 13.1. The predicted octanol–water partition coefficient (Wildman–Crippen LogP) is 2.39. The zero-order valence-corrected chi connectivity index (χ0v) is 10.8. The highest BCUT2D eigenvalue weighted by atomic mass is 19.4. The molecular weight excluding hydrogens is 277 g/mol. The fourth-order valence-electron chi connectivity index (χ4n) is 1.83. The molecule has 20 heavy (non-hydrogen) atoms. The van der Waals surface area contributed by atoms with E-state index >= 15 is 0 Å². The summed E-state index contributed by atoms with van der Waals surface area (Å²) in [6.45, 7) is 3.27. The molecule has 1 aliphatic heterocycles. The van der Waals surface area contributed by atoms with E-state index in [1.807, 2.05) is 0 Å². The van der Waals surface area contributed by atoms with Crippen molar-refractivity contribution < 1.29 is 27.5 Å². The van der Waals surface area contributed by atoms with Gasteiger partial charge in [-0.1, -0.05) is 13.8 Å². The van der Waals surface area contributed by atoms with Crippen molar-refractivity contribution >= 4 is 11.6 Å². The van der Waals surface area contributed by atoms with Crippen LogP contribution in [0.3, 0.4) is 0 Å². The number of carbonyl (C=O) groups excluding carboxylic acids is 1. The first-order valence-corrected chi connectivity index (χ1v) is 5.91. The van der Waals surface area contributed by atoms with Gasteiger partial charge in [0.15, 0.2) is 5.76 Å². The number of rotatable bonds is 2. The van der Waals surface area contributed by atoms with Gasteiger partial charge in [-0.2, -0.15) is 23.3 Å². The number of hydrazone groups is 1. The Morgan fingerprint density at radius 3 is 2.65 bits per heavy atom. The summed E-state index contributed by atoms with van der Waals surface area (Å²) in [5, 5.41) is 13.6. The van der Waals surface area contributed by atoms with Crippen LogP contribution in [-0.2, 0) is 0 Å². The van der Waals surface area contributed by atoms with Gasteiger partial charge >= 0.3 is 12.1 Å². The number of aliphatic hydroxyl groups is 1. The van der Waals surface area contributed by atoms with Crippen molar-refractivity contribution in [3.63, 3.8) is 0 Å². The highest BCUT2D eigenvalue weighted by Gasteiger charge is 2.63. The van der Waals surface area contributed by atoms with E-state index in [2.05, 4.69) is 5.10 Å². The van der Waals surface area contributed by atoms with Crippen molar-refractivity contribution in [2.75, 3.05) is 0 Å². The average molecular weight is 290 g/mol. The number of halogens is 3. The second-order valence-corrected chi connectivity index (χ2v) is 4.83. The molecule has 1 aromatic rings. The molecule has 1 aromatic heterocycles. The number of carbonyl (C=O) groups is 1. The Kier molecular flexibility index (Phi) is 3.37. The molecule has 0 saturated heterocycles. The van der Waals surface area contributed by atoms with Crippen LogP contribution < -0.4 is 0 Å². The maximum Gasteiger partial charge on any atom is 0.438 e. The van der Waals surface area contributed by atoms with Crippen molar-refractivity contribution in [2.24, 2.45) is 11.0 Å². The van der Waals surface area contributed by atoms with Crippen LogP contribution in [0.5, 0.6) is 0 Å². The van der Waals surface area contributed by atoms with E-state index < -0.39 is 24.2 Å². The highest BCUT2D eigenvalue weighted by Crippen LogP contribution is 2.41. The van der Waals surface area contributed by atoms with Gasteiger partial charge in [0, 0.05) is 12.1 Å². The zero-order valence-electron chi connectivity index (χ0n) is 10.8. The number of hydrogen-bond donors (Lipinski definition) is 1. The van der Waals surface area contributed by atoms with E-state index in [0.717, 1.165) is 6.26 Å². The fourth-order valence-corrected chi connectivity index (χ4v) is 1.83. The van der Waals surface area contributed by atoms with E-state index in [9.17, 15) is 23.1 Å². The minimum Gasteiger partial charge on any atom is -0.459 e. The van der Waals surface area contributed by atoms with Crippen molar-refractivity contribution in [3.8, 4) is 0 Å². The molecular formula is C12H13F3N2O3. The van der Waals surface area contributed by atoms with Crippen LogP contribution in [0.15, 0.2) is 27.9 Å². The molecule has 1 atom stereocenters. The van der Waals surface area contributed by atoms with Gasteiger partial charge in [0.25, 0.3) is 5.72 Å². The molecule has 5 nitrogen and oxygen atoms in total. The van der Waals surface area contributed by atoms with Crippen LogP contribution in [0, 0.1) is 5.92 Å². The molecule has 8 heteroatoms. The Morgan fingerprint density at radius 1 is 1.55 bits per heavy atom. The molecule has 0 unspecified atom stereocenters. The molecule has 0 bridgehead atoms. The number of alkyl halides is 3. The quantitative estimate of drug-likeness (QED) is 0.909. The Morgan fingerprint density at radius 2 is 2.20 bits per heavy atom. The van der Waals surface area contributed by atoms with Crippen LogP contribution in [-0.4, -0.2) is 33.6 Å². The third-order valence-electron chi connectivity index (χ3n) is 3.05. The number of nitrogens with zero attached hydrogens (tertiary/aromatic N) is 2. The standard InChI is InChI=1S/C12H13F3N2O3/c1-7(2)8-6-11(19,12(13,14)15)17(16-8)10(18)9-4-3-5-20-9/h3-5,7,19H,6H2,1-2H3/t11-/m1/s1. The van der Waals surface area contributed by atoms with Crippen molar-refractivity contribution in [1.29, 1.82) is 0 Å². The van der Waals surface area contributed by atoms with E-state index in [1.54, 1.807) is 13.8 Å². The SMILES string of the molecule is CC(C)C1=NN(C(=O)c2ccco2)[C@](O)(C(F)(F)F)C1. The van der Waals surface area contributed by atoms with Gasteiger partial charge in [0.05, 0.1) is 6.26 Å². The molecule has 110 valence electrons. The lowest BCUT2D eigenvalue weighted by atomic mass is 9.99.